The SMILES string of the molecule is COc1cc(C(=O)c2c(-c3ccc(OCCN4CCC[C@H]4C(=O)OC(C)(C)C)cc3)sc3cc(OCc4ccccc4)ccc23)ccc1CN1CCCC1. The molecule has 4 aromatic carbocycles. The number of ketones is 1. The number of hydrogen-bond donors (Lipinski definition) is 0. The van der Waals surface area contributed by atoms with E-state index >= 15 is 0 Å². The number of thiophene rings is 1. The quantitative estimate of drug-likeness (QED) is 0.0823. The molecule has 282 valence electrons. The molecule has 0 saturated carbocycles. The van der Waals surface area contributed by atoms with Crippen molar-refractivity contribution in [1.29, 1.82) is 0 Å². The molecular weight excluding hydrogens is 697 g/mol. The fourth-order valence-electron chi connectivity index (χ4n) is 7.39. The van der Waals surface area contributed by atoms with Crippen LogP contribution in [0.5, 0.6) is 17.2 Å². The fourth-order valence-corrected chi connectivity index (χ4v) is 8.63. The maximum atomic E-state index is 14.6. The monoisotopic (exact) mass is 746 g/mol. The summed E-state index contributed by atoms with van der Waals surface area (Å²) >= 11 is 1.59. The molecule has 1 atom stereocenters. The highest BCUT2D eigenvalue weighted by Gasteiger charge is 2.34. The number of rotatable bonds is 14. The average Bonchev–Trinajstić information content (AvgIpc) is 3.95. The number of ether oxygens (including phenoxy) is 4. The second-order valence-corrected chi connectivity index (χ2v) is 16.2. The van der Waals surface area contributed by atoms with Crippen molar-refractivity contribution in [1.82, 2.24) is 9.80 Å². The van der Waals surface area contributed by atoms with E-state index in [1.165, 1.54) is 12.8 Å². The van der Waals surface area contributed by atoms with Crippen LogP contribution in [0.4, 0.5) is 0 Å². The zero-order valence-electron chi connectivity index (χ0n) is 31.8. The van der Waals surface area contributed by atoms with E-state index in [1.54, 1.807) is 18.4 Å². The summed E-state index contributed by atoms with van der Waals surface area (Å²) in [6.45, 7) is 11.1. The van der Waals surface area contributed by atoms with Crippen LogP contribution in [0.25, 0.3) is 20.5 Å². The summed E-state index contributed by atoms with van der Waals surface area (Å²) < 4.78 is 24.8. The van der Waals surface area contributed by atoms with Crippen LogP contribution in [0.15, 0.2) is 91.0 Å². The van der Waals surface area contributed by atoms with Gasteiger partial charge in [-0.3, -0.25) is 19.4 Å². The zero-order chi connectivity index (χ0) is 37.7. The predicted molar refractivity (Wildman–Crippen MR) is 215 cm³/mol. The number of benzene rings is 4. The number of carbonyl (C=O) groups is 2. The van der Waals surface area contributed by atoms with E-state index in [9.17, 15) is 9.59 Å². The molecule has 0 N–H and O–H groups in total. The van der Waals surface area contributed by atoms with E-state index in [1.807, 2.05) is 112 Å². The van der Waals surface area contributed by atoms with Gasteiger partial charge in [0.25, 0.3) is 0 Å². The van der Waals surface area contributed by atoms with E-state index < -0.39 is 5.60 Å². The molecule has 0 bridgehead atoms. The van der Waals surface area contributed by atoms with Crippen molar-refractivity contribution in [3.63, 3.8) is 0 Å². The average molecular weight is 747 g/mol. The van der Waals surface area contributed by atoms with Crippen LogP contribution in [0.2, 0.25) is 0 Å². The lowest BCUT2D eigenvalue weighted by Gasteiger charge is -2.27. The number of esters is 1. The molecule has 2 aliphatic heterocycles. The maximum Gasteiger partial charge on any atom is 0.323 e. The van der Waals surface area contributed by atoms with E-state index in [2.05, 4.69) is 9.80 Å². The standard InChI is InChI=1S/C45H50N2O6S/c1-45(2,3)53-44(49)38-13-10-24-47(38)25-26-51-35-18-16-32(17-19-35)43-41(37-21-20-36(28-40(37)54-43)52-30-31-11-6-5-7-12-31)42(48)33-14-15-34(39(27-33)50-4)29-46-22-8-9-23-46/h5-7,11-12,14-21,27-28,38H,8-10,13,22-26,29-30H2,1-4H3/t38-/m0/s1. The van der Waals surface area contributed by atoms with Crippen molar-refractivity contribution in [2.75, 3.05) is 39.9 Å². The largest absolute Gasteiger partial charge is 0.496 e. The first kappa shape index (κ1) is 37.6. The molecule has 5 aromatic rings. The maximum absolute atomic E-state index is 14.6. The summed E-state index contributed by atoms with van der Waals surface area (Å²) in [5.74, 6) is 2.01. The van der Waals surface area contributed by atoms with Crippen LogP contribution in [0, 0.1) is 0 Å². The van der Waals surface area contributed by atoms with Gasteiger partial charge in [0.05, 0.1) is 7.11 Å². The van der Waals surface area contributed by atoms with E-state index in [0.29, 0.717) is 30.9 Å². The highest BCUT2D eigenvalue weighted by molar-refractivity contribution is 7.22. The van der Waals surface area contributed by atoms with Crippen molar-refractivity contribution >= 4 is 33.2 Å². The van der Waals surface area contributed by atoms with Gasteiger partial charge in [0, 0.05) is 44.7 Å². The molecule has 0 spiro atoms. The van der Waals surface area contributed by atoms with Crippen molar-refractivity contribution in [3.8, 4) is 27.7 Å². The molecule has 2 fully saturated rings. The first-order valence-electron chi connectivity index (χ1n) is 19.0. The summed E-state index contributed by atoms with van der Waals surface area (Å²) in [4.78, 5) is 32.8. The van der Waals surface area contributed by atoms with E-state index in [-0.39, 0.29) is 17.8 Å². The highest BCUT2D eigenvalue weighted by atomic mass is 32.1. The Balaban J connectivity index is 1.12. The summed E-state index contributed by atoms with van der Waals surface area (Å²) in [6, 6.07) is 29.6. The molecule has 8 nitrogen and oxygen atoms in total. The van der Waals surface area contributed by atoms with Crippen LogP contribution >= 0.6 is 11.3 Å². The Kier molecular flexibility index (Phi) is 11.7. The predicted octanol–water partition coefficient (Wildman–Crippen LogP) is 9.17. The normalized spacial score (nSPS) is 16.5. The van der Waals surface area contributed by atoms with Gasteiger partial charge < -0.3 is 18.9 Å². The second-order valence-electron chi connectivity index (χ2n) is 15.2. The minimum absolute atomic E-state index is 0.0503. The number of fused-ring (bicyclic) bond motifs is 1. The molecule has 0 radical (unpaired) electrons. The molecule has 0 amide bonds. The Hall–Kier alpha value is -4.70. The van der Waals surface area contributed by atoms with Gasteiger partial charge in [-0.05, 0) is 126 Å². The molecule has 2 saturated heterocycles. The Labute approximate surface area is 322 Å². The van der Waals surface area contributed by atoms with Gasteiger partial charge in [0.1, 0.15) is 42.1 Å². The summed E-state index contributed by atoms with van der Waals surface area (Å²) in [5.41, 5.74) is 3.86. The molecule has 1 aromatic heterocycles. The second kappa shape index (κ2) is 16.8. The summed E-state index contributed by atoms with van der Waals surface area (Å²) in [5, 5.41) is 0.887. The van der Waals surface area contributed by atoms with Crippen molar-refractivity contribution in [3.05, 3.63) is 113 Å². The molecule has 7 rings (SSSR count). The minimum Gasteiger partial charge on any atom is -0.496 e. The summed E-state index contributed by atoms with van der Waals surface area (Å²) in [6.07, 6.45) is 4.20. The molecule has 2 aliphatic rings. The third kappa shape index (κ3) is 8.97. The molecule has 9 heteroatoms. The van der Waals surface area contributed by atoms with Crippen LogP contribution in [0.1, 0.15) is 73.5 Å². The van der Waals surface area contributed by atoms with Crippen LogP contribution in [-0.4, -0.2) is 73.1 Å². The molecular formula is C45H50N2O6S. The number of hydrogen-bond acceptors (Lipinski definition) is 9. The van der Waals surface area contributed by atoms with Gasteiger partial charge in [-0.15, -0.1) is 11.3 Å². The van der Waals surface area contributed by atoms with Crippen LogP contribution in [-0.2, 0) is 22.7 Å². The van der Waals surface area contributed by atoms with Gasteiger partial charge in [0.15, 0.2) is 5.78 Å². The topological polar surface area (TPSA) is 77.5 Å². The Morgan fingerprint density at radius 3 is 2.33 bits per heavy atom. The number of likely N-dealkylation sites (tertiary alicyclic amines) is 2. The van der Waals surface area contributed by atoms with Gasteiger partial charge in [0.2, 0.25) is 0 Å². The number of methoxy groups -OCH3 is 1. The van der Waals surface area contributed by atoms with E-state index in [4.69, 9.17) is 18.9 Å². The molecule has 0 unspecified atom stereocenters. The lowest BCUT2D eigenvalue weighted by atomic mass is 9.96. The Morgan fingerprint density at radius 2 is 1.59 bits per heavy atom. The number of nitrogens with zero attached hydrogens (tertiary/aromatic N) is 2. The van der Waals surface area contributed by atoms with Crippen molar-refractivity contribution < 1.29 is 28.5 Å². The molecule has 0 aliphatic carbocycles. The first-order chi connectivity index (χ1) is 26.1. The lowest BCUT2D eigenvalue weighted by Crippen LogP contribution is -2.42. The third-order valence-electron chi connectivity index (χ3n) is 10.1. The highest BCUT2D eigenvalue weighted by Crippen LogP contribution is 2.42. The third-order valence-corrected chi connectivity index (χ3v) is 11.3. The molecule has 54 heavy (non-hydrogen) atoms. The van der Waals surface area contributed by atoms with Gasteiger partial charge in [-0.1, -0.05) is 42.5 Å². The fraction of sp³-hybridized carbons (Fsp3) is 0.378. The lowest BCUT2D eigenvalue weighted by molar-refractivity contribution is -0.160. The first-order valence-corrected chi connectivity index (χ1v) is 19.8. The smallest absolute Gasteiger partial charge is 0.323 e. The zero-order valence-corrected chi connectivity index (χ0v) is 32.6. The summed E-state index contributed by atoms with van der Waals surface area (Å²) in [7, 11) is 1.67. The van der Waals surface area contributed by atoms with Gasteiger partial charge >= 0.3 is 5.97 Å². The van der Waals surface area contributed by atoms with Crippen molar-refractivity contribution in [2.24, 2.45) is 0 Å². The van der Waals surface area contributed by atoms with Gasteiger partial charge in [-0.25, -0.2) is 0 Å². The molecule has 3 heterocycles. The van der Waals surface area contributed by atoms with Gasteiger partial charge in [-0.2, -0.15) is 0 Å². The Bertz CT molecular complexity index is 2060. The van der Waals surface area contributed by atoms with Crippen molar-refractivity contribution in [2.45, 2.75) is 71.2 Å². The van der Waals surface area contributed by atoms with Crippen LogP contribution in [0.3, 0.4) is 0 Å². The number of carbonyl (C=O) groups excluding carboxylic acids is 2. The van der Waals surface area contributed by atoms with Crippen LogP contribution < -0.4 is 14.2 Å². The minimum atomic E-state index is -0.508. The van der Waals surface area contributed by atoms with E-state index in [0.717, 1.165) is 87.9 Å². The Morgan fingerprint density at radius 1 is 0.833 bits per heavy atom.